The molecule has 0 aliphatic carbocycles. The molecular weight excluding hydrogens is 216 g/mol. The minimum atomic E-state index is -0.488. The van der Waals surface area contributed by atoms with Crippen molar-refractivity contribution in [3.05, 3.63) is 0 Å². The van der Waals surface area contributed by atoms with Crippen molar-refractivity contribution in [3.8, 4) is 0 Å². The first-order valence-electron chi connectivity index (χ1n) is 6.54. The quantitative estimate of drug-likeness (QED) is 0.773. The molecule has 1 aliphatic rings. The number of carbonyl (C=O) groups excluding carboxylic acids is 1. The third-order valence-corrected chi connectivity index (χ3v) is 4.01. The fraction of sp³-hybridized carbons (Fsp3) is 0.923. The lowest BCUT2D eigenvalue weighted by atomic mass is 9.89. The van der Waals surface area contributed by atoms with Gasteiger partial charge in [-0.05, 0) is 39.2 Å². The summed E-state index contributed by atoms with van der Waals surface area (Å²) < 4.78 is 0. The normalized spacial score (nSPS) is 25.7. The lowest BCUT2D eigenvalue weighted by molar-refractivity contribution is -0.139. The van der Waals surface area contributed by atoms with Crippen LogP contribution < -0.4 is 5.32 Å². The summed E-state index contributed by atoms with van der Waals surface area (Å²) in [6.07, 6.45) is 3.22. The first-order chi connectivity index (χ1) is 7.92. The molecule has 1 amide bonds. The second-order valence-electron chi connectivity index (χ2n) is 5.67. The highest BCUT2D eigenvalue weighted by Gasteiger charge is 2.33. The molecule has 0 aromatic rings. The van der Waals surface area contributed by atoms with E-state index >= 15 is 0 Å². The topological polar surface area (TPSA) is 52.6 Å². The molecule has 1 fully saturated rings. The molecule has 2 unspecified atom stereocenters. The maximum atomic E-state index is 12.3. The van der Waals surface area contributed by atoms with Crippen molar-refractivity contribution >= 4 is 5.91 Å². The van der Waals surface area contributed by atoms with Gasteiger partial charge < -0.3 is 15.3 Å². The monoisotopic (exact) mass is 242 g/mol. The Morgan fingerprint density at radius 3 is 2.71 bits per heavy atom. The Morgan fingerprint density at radius 2 is 2.18 bits per heavy atom. The standard InChI is InChI=1S/C13H26N2O2/c1-5-10-6-7-14-11(8-10)12(17)15(4)13(2,3)9-16/h10-11,14,16H,5-9H2,1-4H3. The van der Waals surface area contributed by atoms with E-state index in [-0.39, 0.29) is 18.6 Å². The van der Waals surface area contributed by atoms with E-state index in [0.717, 1.165) is 25.8 Å². The summed E-state index contributed by atoms with van der Waals surface area (Å²) in [5.74, 6) is 0.748. The molecule has 0 saturated carbocycles. The van der Waals surface area contributed by atoms with Crippen molar-refractivity contribution < 1.29 is 9.90 Å². The van der Waals surface area contributed by atoms with Gasteiger partial charge in [0.2, 0.25) is 5.91 Å². The van der Waals surface area contributed by atoms with Crippen LogP contribution in [0.5, 0.6) is 0 Å². The second-order valence-corrected chi connectivity index (χ2v) is 5.67. The van der Waals surface area contributed by atoms with Gasteiger partial charge >= 0.3 is 0 Å². The minimum Gasteiger partial charge on any atom is -0.394 e. The highest BCUT2D eigenvalue weighted by Crippen LogP contribution is 2.22. The van der Waals surface area contributed by atoms with E-state index in [1.807, 2.05) is 13.8 Å². The van der Waals surface area contributed by atoms with Crippen LogP contribution in [-0.2, 0) is 4.79 Å². The molecule has 4 heteroatoms. The summed E-state index contributed by atoms with van der Waals surface area (Å²) in [5, 5.41) is 12.6. The third kappa shape index (κ3) is 3.42. The summed E-state index contributed by atoms with van der Waals surface area (Å²) in [7, 11) is 1.77. The Morgan fingerprint density at radius 1 is 1.53 bits per heavy atom. The molecule has 1 saturated heterocycles. The van der Waals surface area contributed by atoms with Crippen LogP contribution >= 0.6 is 0 Å². The van der Waals surface area contributed by atoms with Crippen LogP contribution in [0.3, 0.4) is 0 Å². The van der Waals surface area contributed by atoms with E-state index in [9.17, 15) is 9.90 Å². The third-order valence-electron chi connectivity index (χ3n) is 4.01. The Bertz CT molecular complexity index is 266. The average Bonchev–Trinajstić information content (AvgIpc) is 2.37. The van der Waals surface area contributed by atoms with E-state index in [1.54, 1.807) is 11.9 Å². The van der Waals surface area contributed by atoms with Crippen molar-refractivity contribution in [1.82, 2.24) is 10.2 Å². The number of carbonyl (C=O) groups is 1. The minimum absolute atomic E-state index is 0.0147. The van der Waals surface area contributed by atoms with Gasteiger partial charge in [0, 0.05) is 7.05 Å². The molecule has 2 N–H and O–H groups in total. The number of aliphatic hydroxyl groups is 1. The Hall–Kier alpha value is -0.610. The second kappa shape index (κ2) is 5.83. The molecule has 17 heavy (non-hydrogen) atoms. The van der Waals surface area contributed by atoms with Crippen LogP contribution in [0.1, 0.15) is 40.0 Å². The Labute approximate surface area is 104 Å². The van der Waals surface area contributed by atoms with Crippen LogP contribution in [-0.4, -0.2) is 47.7 Å². The predicted octanol–water partition coefficient (Wildman–Crippen LogP) is 0.994. The van der Waals surface area contributed by atoms with Gasteiger partial charge in [0.15, 0.2) is 0 Å². The van der Waals surface area contributed by atoms with E-state index < -0.39 is 5.54 Å². The van der Waals surface area contributed by atoms with Crippen LogP contribution in [0, 0.1) is 5.92 Å². The SMILES string of the molecule is CCC1CCNC(C(=O)N(C)C(C)(C)CO)C1. The van der Waals surface area contributed by atoms with Gasteiger partial charge in [0.1, 0.15) is 0 Å². The zero-order chi connectivity index (χ0) is 13.1. The van der Waals surface area contributed by atoms with Crippen molar-refractivity contribution in [2.45, 2.75) is 51.6 Å². The number of hydrogen-bond acceptors (Lipinski definition) is 3. The van der Waals surface area contributed by atoms with Gasteiger partial charge in [-0.15, -0.1) is 0 Å². The van der Waals surface area contributed by atoms with E-state index in [4.69, 9.17) is 0 Å². The maximum Gasteiger partial charge on any atom is 0.239 e. The number of piperidine rings is 1. The lowest BCUT2D eigenvalue weighted by Crippen LogP contribution is -2.56. The fourth-order valence-corrected chi connectivity index (χ4v) is 2.19. The zero-order valence-corrected chi connectivity index (χ0v) is 11.5. The molecule has 0 aromatic carbocycles. The molecule has 1 heterocycles. The molecule has 4 nitrogen and oxygen atoms in total. The lowest BCUT2D eigenvalue weighted by Gasteiger charge is -2.38. The number of amides is 1. The van der Waals surface area contributed by atoms with Crippen LogP contribution in [0.15, 0.2) is 0 Å². The van der Waals surface area contributed by atoms with Crippen molar-refractivity contribution in [2.75, 3.05) is 20.2 Å². The molecule has 100 valence electrons. The summed E-state index contributed by atoms with van der Waals surface area (Å²) in [6, 6.07) is -0.0791. The number of hydrogen-bond donors (Lipinski definition) is 2. The maximum absolute atomic E-state index is 12.3. The van der Waals surface area contributed by atoms with Gasteiger partial charge in [0.05, 0.1) is 18.2 Å². The molecule has 1 rings (SSSR count). The van der Waals surface area contributed by atoms with Crippen LogP contribution in [0.4, 0.5) is 0 Å². The van der Waals surface area contributed by atoms with Gasteiger partial charge in [-0.2, -0.15) is 0 Å². The molecule has 2 atom stereocenters. The van der Waals surface area contributed by atoms with Crippen molar-refractivity contribution in [3.63, 3.8) is 0 Å². The molecule has 0 spiro atoms. The molecule has 0 aromatic heterocycles. The average molecular weight is 242 g/mol. The van der Waals surface area contributed by atoms with Crippen molar-refractivity contribution in [2.24, 2.45) is 5.92 Å². The number of rotatable bonds is 4. The molecule has 0 radical (unpaired) electrons. The number of nitrogens with one attached hydrogen (secondary N) is 1. The highest BCUT2D eigenvalue weighted by atomic mass is 16.3. The first-order valence-corrected chi connectivity index (χ1v) is 6.54. The van der Waals surface area contributed by atoms with Gasteiger partial charge in [-0.25, -0.2) is 0 Å². The van der Waals surface area contributed by atoms with Crippen molar-refractivity contribution in [1.29, 1.82) is 0 Å². The van der Waals surface area contributed by atoms with E-state index in [0.29, 0.717) is 5.92 Å². The number of likely N-dealkylation sites (N-methyl/N-ethyl adjacent to an activating group) is 1. The summed E-state index contributed by atoms with van der Waals surface area (Å²) in [5.41, 5.74) is -0.488. The Balaban J connectivity index is 2.63. The molecule has 1 aliphatic heterocycles. The van der Waals surface area contributed by atoms with Gasteiger partial charge in [-0.1, -0.05) is 13.3 Å². The van der Waals surface area contributed by atoms with Crippen LogP contribution in [0.2, 0.25) is 0 Å². The largest absolute Gasteiger partial charge is 0.394 e. The van der Waals surface area contributed by atoms with Gasteiger partial charge in [0.25, 0.3) is 0 Å². The first kappa shape index (κ1) is 14.5. The number of aliphatic hydroxyl groups excluding tert-OH is 1. The fourth-order valence-electron chi connectivity index (χ4n) is 2.19. The molecular formula is C13H26N2O2. The zero-order valence-electron chi connectivity index (χ0n) is 11.5. The summed E-state index contributed by atoms with van der Waals surface area (Å²) >= 11 is 0. The Kier molecular flexibility index (Phi) is 4.95. The van der Waals surface area contributed by atoms with Crippen LogP contribution in [0.25, 0.3) is 0 Å². The smallest absolute Gasteiger partial charge is 0.239 e. The highest BCUT2D eigenvalue weighted by molar-refractivity contribution is 5.82. The predicted molar refractivity (Wildman–Crippen MR) is 68.7 cm³/mol. The molecule has 0 bridgehead atoms. The van der Waals surface area contributed by atoms with E-state index in [1.165, 1.54) is 0 Å². The van der Waals surface area contributed by atoms with E-state index in [2.05, 4.69) is 12.2 Å². The summed E-state index contributed by atoms with van der Waals surface area (Å²) in [6.45, 7) is 6.84. The van der Waals surface area contributed by atoms with Gasteiger partial charge in [-0.3, -0.25) is 4.79 Å². The number of nitrogens with zero attached hydrogens (tertiary/aromatic N) is 1. The summed E-state index contributed by atoms with van der Waals surface area (Å²) in [4.78, 5) is 14.0.